The first-order valence-corrected chi connectivity index (χ1v) is 9.75. The summed E-state index contributed by atoms with van der Waals surface area (Å²) in [6.45, 7) is 5.15. The van der Waals surface area contributed by atoms with Crippen molar-refractivity contribution in [1.29, 1.82) is 5.26 Å². The van der Waals surface area contributed by atoms with Crippen LogP contribution in [0.5, 0.6) is 5.75 Å². The number of urea groups is 1. The summed E-state index contributed by atoms with van der Waals surface area (Å²) >= 11 is 0. The van der Waals surface area contributed by atoms with E-state index in [0.717, 1.165) is 27.8 Å². The van der Waals surface area contributed by atoms with E-state index in [2.05, 4.69) is 27.0 Å². The number of ether oxygens (including phenoxy) is 1. The van der Waals surface area contributed by atoms with Crippen molar-refractivity contribution in [1.82, 2.24) is 10.3 Å². The Labute approximate surface area is 176 Å². The van der Waals surface area contributed by atoms with Gasteiger partial charge >= 0.3 is 6.03 Å². The van der Waals surface area contributed by atoms with Gasteiger partial charge in [-0.25, -0.2) is 9.78 Å². The summed E-state index contributed by atoms with van der Waals surface area (Å²) in [5.74, 6) is 1.30. The number of rotatable bonds is 7. The third-order valence-corrected chi connectivity index (χ3v) is 4.91. The van der Waals surface area contributed by atoms with Crippen LogP contribution < -0.4 is 20.7 Å². The molecule has 1 heterocycles. The van der Waals surface area contributed by atoms with E-state index in [-0.39, 0.29) is 6.03 Å². The Bertz CT molecular complexity index is 1090. The van der Waals surface area contributed by atoms with Gasteiger partial charge in [0.25, 0.3) is 0 Å². The van der Waals surface area contributed by atoms with Crippen molar-refractivity contribution in [2.45, 2.75) is 20.3 Å². The van der Waals surface area contributed by atoms with Crippen molar-refractivity contribution < 1.29 is 9.53 Å². The highest BCUT2D eigenvalue weighted by Crippen LogP contribution is 2.24. The molecule has 1 aromatic heterocycles. The normalized spacial score (nSPS) is 10.3. The number of fused-ring (bicyclic) bond motifs is 1. The van der Waals surface area contributed by atoms with Crippen LogP contribution in [-0.2, 0) is 0 Å². The van der Waals surface area contributed by atoms with E-state index in [0.29, 0.717) is 36.6 Å². The quantitative estimate of drug-likeness (QED) is 0.509. The average Bonchev–Trinajstić information content (AvgIpc) is 2.76. The lowest BCUT2D eigenvalue weighted by Gasteiger charge is -2.12. The van der Waals surface area contributed by atoms with Gasteiger partial charge in [-0.3, -0.25) is 0 Å². The molecule has 7 nitrogen and oxygen atoms in total. The van der Waals surface area contributed by atoms with Gasteiger partial charge in [0.2, 0.25) is 0 Å². The first kappa shape index (κ1) is 20.9. The van der Waals surface area contributed by atoms with Crippen molar-refractivity contribution in [2.24, 2.45) is 0 Å². The number of aromatic nitrogens is 1. The number of pyridine rings is 1. The summed E-state index contributed by atoms with van der Waals surface area (Å²) < 4.78 is 5.09. The fourth-order valence-electron chi connectivity index (χ4n) is 3.05. The fraction of sp³-hybridized carbons (Fsp3) is 0.261. The van der Waals surface area contributed by atoms with Gasteiger partial charge in [0.05, 0.1) is 18.2 Å². The number of methoxy groups -OCH3 is 1. The molecule has 0 aliphatic rings. The number of anilines is 2. The zero-order valence-corrected chi connectivity index (χ0v) is 17.4. The van der Waals surface area contributed by atoms with Crippen LogP contribution in [0, 0.1) is 25.2 Å². The number of hydrogen-bond acceptors (Lipinski definition) is 5. The van der Waals surface area contributed by atoms with Gasteiger partial charge in [-0.1, -0.05) is 12.1 Å². The van der Waals surface area contributed by atoms with Gasteiger partial charge in [-0.05, 0) is 61.7 Å². The second-order valence-electron chi connectivity index (χ2n) is 6.97. The molecule has 2 amide bonds. The zero-order valence-electron chi connectivity index (χ0n) is 17.4. The van der Waals surface area contributed by atoms with E-state index in [1.54, 1.807) is 31.4 Å². The molecule has 0 fully saturated rings. The van der Waals surface area contributed by atoms with Crippen molar-refractivity contribution in [2.75, 3.05) is 30.8 Å². The van der Waals surface area contributed by atoms with Gasteiger partial charge in [-0.15, -0.1) is 0 Å². The number of benzene rings is 2. The van der Waals surface area contributed by atoms with Crippen LogP contribution in [0.15, 0.2) is 42.5 Å². The van der Waals surface area contributed by atoms with Crippen molar-refractivity contribution in [3.63, 3.8) is 0 Å². The second-order valence-corrected chi connectivity index (χ2v) is 6.97. The summed E-state index contributed by atoms with van der Waals surface area (Å²) in [7, 11) is 1.60. The van der Waals surface area contributed by atoms with Gasteiger partial charge in [0, 0.05) is 24.2 Å². The fourth-order valence-corrected chi connectivity index (χ4v) is 3.05. The molecule has 3 N–H and O–H groups in total. The number of aryl methyl sites for hydroxylation is 2. The molecule has 0 unspecified atom stereocenters. The molecule has 0 bridgehead atoms. The van der Waals surface area contributed by atoms with Gasteiger partial charge in [0.1, 0.15) is 17.6 Å². The zero-order chi connectivity index (χ0) is 21.5. The Kier molecular flexibility index (Phi) is 6.71. The molecule has 3 rings (SSSR count). The molecule has 0 spiro atoms. The molecule has 30 heavy (non-hydrogen) atoms. The summed E-state index contributed by atoms with van der Waals surface area (Å²) in [4.78, 5) is 16.7. The van der Waals surface area contributed by atoms with E-state index in [1.807, 2.05) is 32.0 Å². The smallest absolute Gasteiger partial charge is 0.319 e. The van der Waals surface area contributed by atoms with Crippen LogP contribution in [0.25, 0.3) is 10.9 Å². The summed E-state index contributed by atoms with van der Waals surface area (Å²) in [6.07, 6.45) is 0.688. The third-order valence-electron chi connectivity index (χ3n) is 4.91. The van der Waals surface area contributed by atoms with E-state index in [1.165, 1.54) is 0 Å². The lowest BCUT2D eigenvalue weighted by Crippen LogP contribution is -2.30. The predicted octanol–water partition coefficient (Wildman–Crippen LogP) is 4.36. The van der Waals surface area contributed by atoms with Crippen LogP contribution in [0.1, 0.15) is 23.1 Å². The Balaban J connectivity index is 1.51. The maximum atomic E-state index is 12.0. The lowest BCUT2D eigenvalue weighted by molar-refractivity contribution is 0.252. The third kappa shape index (κ3) is 4.97. The van der Waals surface area contributed by atoms with Crippen LogP contribution in [0.3, 0.4) is 0 Å². The molecule has 7 heteroatoms. The molecular formula is C23H25N5O2. The number of carbonyl (C=O) groups excluding carboxylic acids is 1. The highest BCUT2D eigenvalue weighted by Gasteiger charge is 2.09. The molecular weight excluding hydrogens is 378 g/mol. The van der Waals surface area contributed by atoms with Crippen molar-refractivity contribution >= 4 is 28.4 Å². The van der Waals surface area contributed by atoms with Gasteiger partial charge < -0.3 is 20.7 Å². The highest BCUT2D eigenvalue weighted by molar-refractivity contribution is 5.89. The first-order valence-electron chi connectivity index (χ1n) is 9.75. The summed E-state index contributed by atoms with van der Waals surface area (Å²) in [6, 6.07) is 14.9. The topological polar surface area (TPSA) is 99.1 Å². The molecule has 0 radical (unpaired) electrons. The summed E-state index contributed by atoms with van der Waals surface area (Å²) in [5, 5.41) is 19.2. The van der Waals surface area contributed by atoms with Crippen LogP contribution in [0.2, 0.25) is 0 Å². The van der Waals surface area contributed by atoms with E-state index < -0.39 is 0 Å². The summed E-state index contributed by atoms with van der Waals surface area (Å²) in [5.41, 5.74) is 4.37. The van der Waals surface area contributed by atoms with Crippen LogP contribution >= 0.6 is 0 Å². The molecule has 2 aromatic carbocycles. The Hall–Kier alpha value is -3.79. The molecule has 0 atom stereocenters. The maximum Gasteiger partial charge on any atom is 0.319 e. The number of hydrogen-bond donors (Lipinski definition) is 3. The van der Waals surface area contributed by atoms with Gasteiger partial charge in [0.15, 0.2) is 0 Å². The largest absolute Gasteiger partial charge is 0.497 e. The molecule has 3 aromatic rings. The number of amides is 2. The molecule has 154 valence electrons. The second kappa shape index (κ2) is 9.61. The highest BCUT2D eigenvalue weighted by atomic mass is 16.5. The minimum Gasteiger partial charge on any atom is -0.497 e. The SMILES string of the molecule is COc1ccc(NC(=O)NCCCNc2nc3c(C)c(C)ccc3cc2C#N)cc1. The standard InChI is InChI=1S/C23H25N5O2/c1-15-5-6-17-13-18(14-24)22(28-21(17)16(15)2)25-11-4-12-26-23(29)27-19-7-9-20(30-3)10-8-19/h5-10,13H,4,11-12H2,1-3H3,(H,25,28)(H2,26,27,29). The monoisotopic (exact) mass is 403 g/mol. The first-order chi connectivity index (χ1) is 14.5. The Morgan fingerprint density at radius 1 is 1.13 bits per heavy atom. The van der Waals surface area contributed by atoms with Crippen LogP contribution in [-0.4, -0.2) is 31.2 Å². The van der Waals surface area contributed by atoms with E-state index in [9.17, 15) is 10.1 Å². The predicted molar refractivity (Wildman–Crippen MR) is 119 cm³/mol. The number of carbonyl (C=O) groups is 1. The molecule has 0 saturated heterocycles. The maximum absolute atomic E-state index is 12.0. The van der Waals surface area contributed by atoms with E-state index >= 15 is 0 Å². The number of nitrogens with one attached hydrogen (secondary N) is 3. The number of nitriles is 1. The van der Waals surface area contributed by atoms with E-state index in [4.69, 9.17) is 4.74 Å². The Morgan fingerprint density at radius 2 is 1.90 bits per heavy atom. The molecule has 0 aliphatic heterocycles. The van der Waals surface area contributed by atoms with Crippen molar-refractivity contribution in [3.8, 4) is 11.8 Å². The number of nitrogens with zero attached hydrogens (tertiary/aromatic N) is 2. The minimum atomic E-state index is -0.271. The lowest BCUT2D eigenvalue weighted by atomic mass is 10.0. The van der Waals surface area contributed by atoms with Crippen LogP contribution in [0.4, 0.5) is 16.3 Å². The molecule has 0 aliphatic carbocycles. The Morgan fingerprint density at radius 3 is 2.60 bits per heavy atom. The minimum absolute atomic E-state index is 0.271. The van der Waals surface area contributed by atoms with Crippen molar-refractivity contribution in [3.05, 3.63) is 59.2 Å². The van der Waals surface area contributed by atoms with Gasteiger partial charge in [-0.2, -0.15) is 5.26 Å². The average molecular weight is 403 g/mol. The molecule has 0 saturated carbocycles.